The van der Waals surface area contributed by atoms with Gasteiger partial charge in [0.2, 0.25) is 0 Å². The summed E-state index contributed by atoms with van der Waals surface area (Å²) in [5.41, 5.74) is 2.61. The van der Waals surface area contributed by atoms with Crippen molar-refractivity contribution >= 4 is 6.72 Å². The lowest BCUT2D eigenvalue weighted by Crippen LogP contribution is -2.30. The van der Waals surface area contributed by atoms with Crippen molar-refractivity contribution in [3.05, 3.63) is 36.1 Å². The second-order valence-electron chi connectivity index (χ2n) is 5.44. The van der Waals surface area contributed by atoms with E-state index in [9.17, 15) is 0 Å². The Balaban J connectivity index is 4.77. The van der Waals surface area contributed by atoms with Gasteiger partial charge in [0, 0.05) is 25.8 Å². The molecule has 0 saturated heterocycles. The second-order valence-corrected chi connectivity index (χ2v) is 5.44. The molecule has 0 heterocycles. The summed E-state index contributed by atoms with van der Waals surface area (Å²) in [4.78, 5) is 6.39. The van der Waals surface area contributed by atoms with Gasteiger partial charge in [-0.3, -0.25) is 9.89 Å². The number of hydrogen-bond acceptors (Lipinski definition) is 2. The summed E-state index contributed by atoms with van der Waals surface area (Å²) in [6.07, 6.45) is 8.19. The highest BCUT2D eigenvalue weighted by Crippen LogP contribution is 2.10. The van der Waals surface area contributed by atoms with Crippen LogP contribution >= 0.6 is 0 Å². The first-order valence-corrected chi connectivity index (χ1v) is 7.18. The highest BCUT2D eigenvalue weighted by atomic mass is 15.1. The molecule has 0 amide bonds. The maximum absolute atomic E-state index is 3.93. The summed E-state index contributed by atoms with van der Waals surface area (Å²) in [5, 5.41) is 0. The topological polar surface area (TPSA) is 15.6 Å². The molecule has 0 aromatic rings. The fourth-order valence-electron chi connectivity index (χ4n) is 1.94. The zero-order valence-electron chi connectivity index (χ0n) is 13.2. The quantitative estimate of drug-likeness (QED) is 0.322. The van der Waals surface area contributed by atoms with Gasteiger partial charge in [-0.2, -0.15) is 0 Å². The van der Waals surface area contributed by atoms with Gasteiger partial charge in [0.05, 0.1) is 0 Å². The number of allylic oxidation sites excluding steroid dienone is 1. The Bertz CT molecular complexity index is 324. The van der Waals surface area contributed by atoms with Crippen LogP contribution in [-0.4, -0.2) is 31.3 Å². The SMILES string of the molecule is C=CCCN(CC(/C=C(\C)CC)=C/N=C)CC(C)C. The summed E-state index contributed by atoms with van der Waals surface area (Å²) in [5.74, 6) is 0.666. The van der Waals surface area contributed by atoms with Gasteiger partial charge in [-0.05, 0) is 38.0 Å². The van der Waals surface area contributed by atoms with E-state index in [1.165, 1.54) is 11.1 Å². The van der Waals surface area contributed by atoms with E-state index in [0.717, 1.165) is 32.5 Å². The molecule has 0 aliphatic rings. The molecule has 0 fully saturated rings. The third-order valence-corrected chi connectivity index (χ3v) is 2.93. The average Bonchev–Trinajstić information content (AvgIpc) is 2.35. The molecule has 0 aliphatic carbocycles. The Kier molecular flexibility index (Phi) is 10.1. The first-order valence-electron chi connectivity index (χ1n) is 7.18. The van der Waals surface area contributed by atoms with E-state index in [1.807, 2.05) is 12.3 Å². The van der Waals surface area contributed by atoms with E-state index in [0.29, 0.717) is 5.92 Å². The molecule has 0 radical (unpaired) electrons. The summed E-state index contributed by atoms with van der Waals surface area (Å²) in [6.45, 7) is 19.3. The van der Waals surface area contributed by atoms with Gasteiger partial charge in [-0.15, -0.1) is 6.58 Å². The standard InChI is InChI=1S/C17H30N2/c1-7-9-10-19(13-15(3)4)14-17(12-18-6)11-16(5)8-2/h7,11-12,15H,1,6,8-10,13-14H2,2-5H3/b16-11+,17-12+. The van der Waals surface area contributed by atoms with Gasteiger partial charge in [-0.1, -0.05) is 38.5 Å². The summed E-state index contributed by atoms with van der Waals surface area (Å²) >= 11 is 0. The zero-order chi connectivity index (χ0) is 14.7. The molecular weight excluding hydrogens is 232 g/mol. The van der Waals surface area contributed by atoms with Crippen molar-refractivity contribution in [3.8, 4) is 0 Å². The largest absolute Gasteiger partial charge is 0.298 e. The molecule has 19 heavy (non-hydrogen) atoms. The van der Waals surface area contributed by atoms with E-state index in [1.54, 1.807) is 0 Å². The lowest BCUT2D eigenvalue weighted by atomic mass is 10.1. The van der Waals surface area contributed by atoms with Crippen LogP contribution in [0.4, 0.5) is 0 Å². The number of hydrogen-bond donors (Lipinski definition) is 0. The van der Waals surface area contributed by atoms with Crippen LogP contribution in [0.15, 0.2) is 41.1 Å². The van der Waals surface area contributed by atoms with Crippen molar-refractivity contribution < 1.29 is 0 Å². The maximum atomic E-state index is 3.93. The molecule has 0 aliphatic heterocycles. The fraction of sp³-hybridized carbons (Fsp3) is 0.588. The molecule has 0 N–H and O–H groups in total. The number of nitrogens with zero attached hydrogens (tertiary/aromatic N) is 2. The Hall–Kier alpha value is -1.15. The van der Waals surface area contributed by atoms with Crippen molar-refractivity contribution in [2.75, 3.05) is 19.6 Å². The molecule has 0 aromatic carbocycles. The Labute approximate surface area is 119 Å². The van der Waals surface area contributed by atoms with Crippen molar-refractivity contribution in [2.45, 2.75) is 40.5 Å². The van der Waals surface area contributed by atoms with Crippen molar-refractivity contribution in [2.24, 2.45) is 10.9 Å². The first kappa shape index (κ1) is 17.8. The Morgan fingerprint density at radius 2 is 2.05 bits per heavy atom. The monoisotopic (exact) mass is 262 g/mol. The van der Waals surface area contributed by atoms with Crippen molar-refractivity contribution in [1.82, 2.24) is 4.90 Å². The van der Waals surface area contributed by atoms with Crippen LogP contribution in [0.3, 0.4) is 0 Å². The summed E-state index contributed by atoms with van der Waals surface area (Å²) in [7, 11) is 0. The summed E-state index contributed by atoms with van der Waals surface area (Å²) in [6, 6.07) is 0. The molecule has 0 saturated carbocycles. The smallest absolute Gasteiger partial charge is 0.0305 e. The van der Waals surface area contributed by atoms with Gasteiger partial charge < -0.3 is 0 Å². The molecule has 2 nitrogen and oxygen atoms in total. The zero-order valence-corrected chi connectivity index (χ0v) is 13.2. The van der Waals surface area contributed by atoms with Crippen LogP contribution in [0.25, 0.3) is 0 Å². The highest BCUT2D eigenvalue weighted by Gasteiger charge is 2.08. The average molecular weight is 262 g/mol. The van der Waals surface area contributed by atoms with Crippen LogP contribution in [0.2, 0.25) is 0 Å². The van der Waals surface area contributed by atoms with Gasteiger partial charge in [0.1, 0.15) is 0 Å². The van der Waals surface area contributed by atoms with Crippen LogP contribution in [0.5, 0.6) is 0 Å². The number of rotatable bonds is 10. The molecule has 0 atom stereocenters. The van der Waals surface area contributed by atoms with Gasteiger partial charge in [0.15, 0.2) is 0 Å². The minimum atomic E-state index is 0.666. The molecule has 2 heteroatoms. The summed E-state index contributed by atoms with van der Waals surface area (Å²) < 4.78 is 0. The predicted octanol–water partition coefficient (Wildman–Crippen LogP) is 4.46. The van der Waals surface area contributed by atoms with Crippen LogP contribution < -0.4 is 0 Å². The van der Waals surface area contributed by atoms with Gasteiger partial charge in [-0.25, -0.2) is 0 Å². The van der Waals surface area contributed by atoms with E-state index in [2.05, 4.69) is 57.0 Å². The van der Waals surface area contributed by atoms with Crippen LogP contribution in [-0.2, 0) is 0 Å². The number of aliphatic imine (C=N–C) groups is 1. The molecule has 108 valence electrons. The van der Waals surface area contributed by atoms with E-state index in [-0.39, 0.29) is 0 Å². The van der Waals surface area contributed by atoms with Gasteiger partial charge in [0.25, 0.3) is 0 Å². The minimum Gasteiger partial charge on any atom is -0.298 e. The fourth-order valence-corrected chi connectivity index (χ4v) is 1.94. The van der Waals surface area contributed by atoms with Crippen molar-refractivity contribution in [3.63, 3.8) is 0 Å². The molecule has 0 spiro atoms. The minimum absolute atomic E-state index is 0.666. The van der Waals surface area contributed by atoms with E-state index in [4.69, 9.17) is 0 Å². The van der Waals surface area contributed by atoms with E-state index < -0.39 is 0 Å². The lowest BCUT2D eigenvalue weighted by molar-refractivity contribution is 0.269. The molecule has 0 unspecified atom stereocenters. The van der Waals surface area contributed by atoms with Gasteiger partial charge >= 0.3 is 0 Å². The first-order chi connectivity index (χ1) is 9.03. The van der Waals surface area contributed by atoms with Crippen molar-refractivity contribution in [1.29, 1.82) is 0 Å². The normalized spacial score (nSPS) is 13.2. The molecule has 0 bridgehead atoms. The second kappa shape index (κ2) is 10.7. The molecule has 0 aromatic heterocycles. The Morgan fingerprint density at radius 1 is 1.37 bits per heavy atom. The third-order valence-electron chi connectivity index (χ3n) is 2.93. The Morgan fingerprint density at radius 3 is 2.53 bits per heavy atom. The van der Waals surface area contributed by atoms with Crippen LogP contribution in [0, 0.1) is 5.92 Å². The highest BCUT2D eigenvalue weighted by molar-refractivity contribution is 5.30. The van der Waals surface area contributed by atoms with Crippen LogP contribution in [0.1, 0.15) is 40.5 Å². The molecule has 0 rings (SSSR count). The van der Waals surface area contributed by atoms with E-state index >= 15 is 0 Å². The lowest BCUT2D eigenvalue weighted by Gasteiger charge is -2.24. The molecular formula is C17H30N2. The maximum Gasteiger partial charge on any atom is 0.0305 e. The predicted molar refractivity (Wildman–Crippen MR) is 87.8 cm³/mol. The third kappa shape index (κ3) is 9.43.